The van der Waals surface area contributed by atoms with Crippen LogP contribution in [-0.4, -0.2) is 45.0 Å². The Kier molecular flexibility index (Phi) is 4.18. The molecule has 128 valence electrons. The number of rotatable bonds is 3. The van der Waals surface area contributed by atoms with Gasteiger partial charge in [0.2, 0.25) is 0 Å². The molecule has 1 aromatic rings. The average molecular weight is 348 g/mol. The highest BCUT2D eigenvalue weighted by Gasteiger charge is 2.46. The van der Waals surface area contributed by atoms with E-state index >= 15 is 0 Å². The second kappa shape index (κ2) is 5.75. The van der Waals surface area contributed by atoms with Crippen molar-refractivity contribution in [1.29, 1.82) is 0 Å². The monoisotopic (exact) mass is 348 g/mol. The van der Waals surface area contributed by atoms with Crippen molar-refractivity contribution in [3.8, 4) is 0 Å². The zero-order valence-corrected chi connectivity index (χ0v) is 13.4. The van der Waals surface area contributed by atoms with Gasteiger partial charge < -0.3 is 5.32 Å². The van der Waals surface area contributed by atoms with E-state index in [1.54, 1.807) is 0 Å². The molecule has 2 fully saturated rings. The first-order chi connectivity index (χ1) is 10.7. The Labute approximate surface area is 133 Å². The third-order valence-corrected chi connectivity index (χ3v) is 6.36. The molecule has 1 aromatic carbocycles. The highest BCUT2D eigenvalue weighted by Crippen LogP contribution is 2.35. The van der Waals surface area contributed by atoms with Gasteiger partial charge in [0, 0.05) is 19.6 Å². The molecule has 2 saturated heterocycles. The molecule has 1 spiro atoms. The number of nitrogens with zero attached hydrogens (tertiary/aromatic N) is 1. The molecule has 8 heteroatoms. The van der Waals surface area contributed by atoms with Crippen molar-refractivity contribution in [2.24, 2.45) is 5.41 Å². The van der Waals surface area contributed by atoms with E-state index in [1.165, 1.54) is 12.1 Å². The number of piperidine rings is 1. The number of likely N-dealkylation sites (tertiary alicyclic amines) is 1. The Hall–Kier alpha value is -1.12. The second-order valence-electron chi connectivity index (χ2n) is 6.47. The van der Waals surface area contributed by atoms with Gasteiger partial charge in [-0.3, -0.25) is 4.90 Å². The van der Waals surface area contributed by atoms with Crippen molar-refractivity contribution in [2.75, 3.05) is 26.2 Å². The molecule has 0 bridgehead atoms. The summed E-state index contributed by atoms with van der Waals surface area (Å²) >= 11 is 0. The lowest BCUT2D eigenvalue weighted by atomic mass is 9.73. The molecule has 23 heavy (non-hydrogen) atoms. The van der Waals surface area contributed by atoms with Gasteiger partial charge in [-0.15, -0.1) is 0 Å². The third kappa shape index (κ3) is 3.25. The van der Waals surface area contributed by atoms with Gasteiger partial charge in [0.1, 0.15) is 0 Å². The zero-order chi connectivity index (χ0) is 16.7. The summed E-state index contributed by atoms with van der Waals surface area (Å²) in [5.74, 6) is 0. The predicted octanol–water partition coefficient (Wildman–Crippen LogP) is 2.17. The molecule has 0 saturated carbocycles. The molecule has 1 N–H and O–H groups in total. The van der Waals surface area contributed by atoms with Crippen LogP contribution in [0.3, 0.4) is 0 Å². The number of halogens is 3. The van der Waals surface area contributed by atoms with E-state index in [0.29, 0.717) is 12.0 Å². The van der Waals surface area contributed by atoms with Crippen molar-refractivity contribution in [3.63, 3.8) is 0 Å². The van der Waals surface area contributed by atoms with E-state index in [9.17, 15) is 21.6 Å². The van der Waals surface area contributed by atoms with Crippen molar-refractivity contribution in [1.82, 2.24) is 10.2 Å². The van der Waals surface area contributed by atoms with Crippen LogP contribution in [0.25, 0.3) is 0 Å². The first-order valence-electron chi connectivity index (χ1n) is 7.55. The maximum Gasteiger partial charge on any atom is 0.501 e. The third-order valence-electron chi connectivity index (χ3n) is 4.86. The molecule has 4 nitrogen and oxygen atoms in total. The lowest BCUT2D eigenvalue weighted by Gasteiger charge is -2.48. The fourth-order valence-corrected chi connectivity index (χ4v) is 3.95. The maximum absolute atomic E-state index is 12.5. The van der Waals surface area contributed by atoms with Crippen molar-refractivity contribution < 1.29 is 21.6 Å². The summed E-state index contributed by atoms with van der Waals surface area (Å²) < 4.78 is 60.2. The van der Waals surface area contributed by atoms with Gasteiger partial charge in [-0.25, -0.2) is 8.42 Å². The van der Waals surface area contributed by atoms with Crippen LogP contribution in [0, 0.1) is 5.41 Å². The Bertz CT molecular complexity index is 657. The fraction of sp³-hybridized carbons (Fsp3) is 0.600. The summed E-state index contributed by atoms with van der Waals surface area (Å²) in [7, 11) is -5.26. The van der Waals surface area contributed by atoms with Crippen LogP contribution < -0.4 is 5.32 Å². The van der Waals surface area contributed by atoms with E-state index in [2.05, 4.69) is 10.2 Å². The molecule has 0 radical (unpaired) electrons. The fourth-order valence-electron chi connectivity index (χ4n) is 3.18. The van der Waals surface area contributed by atoms with Gasteiger partial charge in [-0.1, -0.05) is 12.1 Å². The Morgan fingerprint density at radius 1 is 1.09 bits per heavy atom. The number of nitrogens with one attached hydrogen (secondary N) is 1. The molecule has 0 aliphatic carbocycles. The van der Waals surface area contributed by atoms with Crippen LogP contribution in [0.2, 0.25) is 0 Å². The van der Waals surface area contributed by atoms with Crippen LogP contribution >= 0.6 is 0 Å². The number of benzene rings is 1. The summed E-state index contributed by atoms with van der Waals surface area (Å²) in [6.07, 6.45) is 2.25. The molecule has 2 heterocycles. The zero-order valence-electron chi connectivity index (χ0n) is 12.6. The van der Waals surface area contributed by atoms with E-state index in [0.717, 1.165) is 56.7 Å². The SMILES string of the molecule is O=S(=O)(c1ccc(CN2CCC3(CC2)CNC3)cc1)C(F)(F)F. The van der Waals surface area contributed by atoms with E-state index < -0.39 is 20.2 Å². The molecular formula is C15H19F3N2O2S. The summed E-state index contributed by atoms with van der Waals surface area (Å²) in [5, 5.41) is 3.30. The Morgan fingerprint density at radius 2 is 1.65 bits per heavy atom. The Morgan fingerprint density at radius 3 is 2.09 bits per heavy atom. The maximum atomic E-state index is 12.5. The van der Waals surface area contributed by atoms with Crippen molar-refractivity contribution >= 4 is 9.84 Å². The van der Waals surface area contributed by atoms with Crippen LogP contribution in [0.1, 0.15) is 18.4 Å². The van der Waals surface area contributed by atoms with Crippen molar-refractivity contribution in [2.45, 2.75) is 29.8 Å². The smallest absolute Gasteiger partial charge is 0.316 e. The van der Waals surface area contributed by atoms with Crippen LogP contribution in [0.5, 0.6) is 0 Å². The summed E-state index contributed by atoms with van der Waals surface area (Å²) in [6.45, 7) is 4.71. The summed E-state index contributed by atoms with van der Waals surface area (Å²) in [4.78, 5) is 1.56. The second-order valence-corrected chi connectivity index (χ2v) is 8.41. The summed E-state index contributed by atoms with van der Waals surface area (Å²) in [5.41, 5.74) is -3.98. The van der Waals surface area contributed by atoms with Crippen LogP contribution in [0.4, 0.5) is 13.2 Å². The minimum atomic E-state index is -5.26. The highest BCUT2D eigenvalue weighted by atomic mass is 32.2. The molecule has 0 aromatic heterocycles. The molecular weight excluding hydrogens is 329 g/mol. The van der Waals surface area contributed by atoms with Gasteiger partial charge >= 0.3 is 5.51 Å². The van der Waals surface area contributed by atoms with Gasteiger partial charge in [0.25, 0.3) is 9.84 Å². The molecule has 0 atom stereocenters. The topological polar surface area (TPSA) is 49.4 Å². The van der Waals surface area contributed by atoms with E-state index in [1.807, 2.05) is 0 Å². The highest BCUT2D eigenvalue weighted by molar-refractivity contribution is 7.92. The molecule has 3 rings (SSSR count). The average Bonchev–Trinajstić information content (AvgIpc) is 2.46. The van der Waals surface area contributed by atoms with Gasteiger partial charge in [0.15, 0.2) is 0 Å². The van der Waals surface area contributed by atoms with Crippen LogP contribution in [0.15, 0.2) is 29.2 Å². The normalized spacial score (nSPS) is 22.0. The lowest BCUT2D eigenvalue weighted by Crippen LogP contribution is -2.58. The Balaban J connectivity index is 1.62. The standard InChI is InChI=1S/C15H19F3N2O2S/c16-15(17,18)23(21,22)13-3-1-12(2-4-13)9-20-7-5-14(6-8-20)10-19-11-14/h1-4,19H,5-11H2. The van der Waals surface area contributed by atoms with E-state index in [4.69, 9.17) is 0 Å². The predicted molar refractivity (Wildman–Crippen MR) is 79.5 cm³/mol. The molecule has 0 amide bonds. The molecule has 2 aliphatic rings. The minimum Gasteiger partial charge on any atom is -0.316 e. The number of hydrogen-bond acceptors (Lipinski definition) is 4. The first-order valence-corrected chi connectivity index (χ1v) is 9.04. The molecule has 0 unspecified atom stereocenters. The van der Waals surface area contributed by atoms with Crippen LogP contribution in [-0.2, 0) is 16.4 Å². The van der Waals surface area contributed by atoms with Crippen molar-refractivity contribution in [3.05, 3.63) is 29.8 Å². The van der Waals surface area contributed by atoms with Gasteiger partial charge in [-0.05, 0) is 49.0 Å². The number of alkyl halides is 3. The van der Waals surface area contributed by atoms with Gasteiger partial charge in [0.05, 0.1) is 4.90 Å². The van der Waals surface area contributed by atoms with E-state index in [-0.39, 0.29) is 0 Å². The number of hydrogen-bond donors (Lipinski definition) is 1. The minimum absolute atomic E-state index is 0.446. The quantitative estimate of drug-likeness (QED) is 0.910. The lowest BCUT2D eigenvalue weighted by molar-refractivity contribution is -0.0436. The first kappa shape index (κ1) is 16.7. The molecule has 2 aliphatic heterocycles. The van der Waals surface area contributed by atoms with Gasteiger partial charge in [-0.2, -0.15) is 13.2 Å². The summed E-state index contributed by atoms with van der Waals surface area (Å²) in [6, 6.07) is 5.01. The number of sulfone groups is 1. The largest absolute Gasteiger partial charge is 0.501 e.